The molecule has 0 aliphatic rings. The van der Waals surface area contributed by atoms with Crippen LogP contribution in [0.4, 0.5) is 8.78 Å². The van der Waals surface area contributed by atoms with E-state index in [2.05, 4.69) is 0 Å². The molecule has 0 unspecified atom stereocenters. The first-order chi connectivity index (χ1) is 12.4. The molecule has 0 saturated carbocycles. The Morgan fingerprint density at radius 2 is 1.62 bits per heavy atom. The van der Waals surface area contributed by atoms with Crippen molar-refractivity contribution in [1.82, 2.24) is 0 Å². The number of fused-ring (bicyclic) bond motifs is 1. The van der Waals surface area contributed by atoms with Gasteiger partial charge >= 0.3 is 5.92 Å². The second kappa shape index (κ2) is 7.53. The minimum Gasteiger partial charge on any atom is -0.497 e. The number of hydrogen-bond acceptors (Lipinski definition) is 2. The molecule has 26 heavy (non-hydrogen) atoms. The maximum absolute atomic E-state index is 14.4. The van der Waals surface area contributed by atoms with Gasteiger partial charge in [-0.1, -0.05) is 48.5 Å². The van der Waals surface area contributed by atoms with Gasteiger partial charge in [0.15, 0.2) is 0 Å². The van der Waals surface area contributed by atoms with Gasteiger partial charge in [0, 0.05) is 15.2 Å². The maximum Gasteiger partial charge on any atom is 0.329 e. The van der Waals surface area contributed by atoms with Crippen molar-refractivity contribution in [3.8, 4) is 5.75 Å². The van der Waals surface area contributed by atoms with Crippen molar-refractivity contribution in [3.05, 3.63) is 83.9 Å². The minimum atomic E-state index is -3.58. The fourth-order valence-corrected chi connectivity index (χ4v) is 3.32. The number of Topliss-reactive ketones (excluding diaryl/α,β-unsaturated/α-hetero) is 1. The van der Waals surface area contributed by atoms with Gasteiger partial charge in [0.1, 0.15) is 5.75 Å². The molecular formula is C21H15F2IO2. The predicted octanol–water partition coefficient (Wildman–Crippen LogP) is 6.14. The first-order valence-electron chi connectivity index (χ1n) is 7.85. The van der Waals surface area contributed by atoms with E-state index in [0.717, 1.165) is 16.5 Å². The predicted molar refractivity (Wildman–Crippen MR) is 108 cm³/mol. The van der Waals surface area contributed by atoms with Crippen LogP contribution in [0, 0.1) is 0 Å². The molecule has 5 heteroatoms. The number of carbonyl (C=O) groups excluding carboxylic acids is 1. The molecule has 3 rings (SSSR count). The number of alkyl halides is 2. The lowest BCUT2D eigenvalue weighted by Crippen LogP contribution is -2.26. The quantitative estimate of drug-likeness (QED) is 0.335. The summed E-state index contributed by atoms with van der Waals surface area (Å²) in [5, 5.41) is 1.85. The molecule has 3 aromatic carbocycles. The Labute approximate surface area is 163 Å². The summed E-state index contributed by atoms with van der Waals surface area (Å²) >= 11 is 1.84. The number of allylic oxidation sites excluding steroid dienone is 1. The molecule has 0 radical (unpaired) electrons. The highest BCUT2D eigenvalue weighted by molar-refractivity contribution is 14.1. The summed E-state index contributed by atoms with van der Waals surface area (Å²) in [6.45, 7) is 0. The lowest BCUT2D eigenvalue weighted by atomic mass is 10.0. The van der Waals surface area contributed by atoms with E-state index in [0.29, 0.717) is 15.2 Å². The average molecular weight is 464 g/mol. The van der Waals surface area contributed by atoms with Gasteiger partial charge < -0.3 is 4.74 Å². The molecule has 0 aromatic heterocycles. The van der Waals surface area contributed by atoms with Crippen molar-refractivity contribution in [3.63, 3.8) is 0 Å². The smallest absolute Gasteiger partial charge is 0.329 e. The summed E-state index contributed by atoms with van der Waals surface area (Å²) in [7, 11) is 1.59. The van der Waals surface area contributed by atoms with Gasteiger partial charge in [0.25, 0.3) is 0 Å². The van der Waals surface area contributed by atoms with Crippen LogP contribution in [-0.4, -0.2) is 18.8 Å². The van der Waals surface area contributed by atoms with E-state index in [4.69, 9.17) is 4.74 Å². The Morgan fingerprint density at radius 3 is 2.31 bits per heavy atom. The average Bonchev–Trinajstić information content (AvgIpc) is 2.66. The third-order valence-electron chi connectivity index (χ3n) is 3.97. The van der Waals surface area contributed by atoms with Crippen LogP contribution in [0.25, 0.3) is 14.4 Å². The summed E-state index contributed by atoms with van der Waals surface area (Å²) in [6, 6.07) is 18.6. The Kier molecular flexibility index (Phi) is 5.36. The van der Waals surface area contributed by atoms with E-state index in [1.807, 2.05) is 52.9 Å². The van der Waals surface area contributed by atoms with Crippen molar-refractivity contribution in [2.75, 3.05) is 7.11 Å². The standard InChI is InChI=1S/C21H15F2IO2/c1-26-18-10-9-15-11-17(8-7-16(15)12-18)19(24)13-21(22,23)20(25)14-5-3-2-4-6-14/h2-13H,1H3/b19-13+. The van der Waals surface area contributed by atoms with Crippen LogP contribution in [0.1, 0.15) is 15.9 Å². The van der Waals surface area contributed by atoms with E-state index >= 15 is 0 Å². The highest BCUT2D eigenvalue weighted by Crippen LogP contribution is 2.32. The number of methoxy groups -OCH3 is 1. The molecule has 2 nitrogen and oxygen atoms in total. The summed E-state index contributed by atoms with van der Waals surface area (Å²) in [4.78, 5) is 12.1. The fourth-order valence-electron chi connectivity index (χ4n) is 2.59. The molecule has 3 aromatic rings. The number of ether oxygens (including phenoxy) is 1. The number of halogens is 3. The topological polar surface area (TPSA) is 26.3 Å². The van der Waals surface area contributed by atoms with E-state index in [1.54, 1.807) is 31.4 Å². The number of rotatable bonds is 5. The fraction of sp³-hybridized carbons (Fsp3) is 0.0952. The van der Waals surface area contributed by atoms with E-state index < -0.39 is 11.7 Å². The van der Waals surface area contributed by atoms with Gasteiger partial charge in [-0.05, 0) is 57.1 Å². The Morgan fingerprint density at radius 1 is 0.962 bits per heavy atom. The van der Waals surface area contributed by atoms with Gasteiger partial charge in [0.2, 0.25) is 5.78 Å². The lowest BCUT2D eigenvalue weighted by Gasteiger charge is -2.12. The van der Waals surface area contributed by atoms with Crippen LogP contribution < -0.4 is 4.74 Å². The normalized spacial score (nSPS) is 12.2. The van der Waals surface area contributed by atoms with Crippen LogP contribution in [0.2, 0.25) is 0 Å². The zero-order chi connectivity index (χ0) is 18.7. The first kappa shape index (κ1) is 18.5. The SMILES string of the molecule is COc1ccc2cc(/C(I)=C\C(F)(F)C(=O)c3ccccc3)ccc2c1. The van der Waals surface area contributed by atoms with Crippen molar-refractivity contribution in [2.24, 2.45) is 0 Å². The second-order valence-electron chi connectivity index (χ2n) is 5.74. The zero-order valence-corrected chi connectivity index (χ0v) is 16.0. The number of ketones is 1. The molecule has 0 atom stereocenters. The molecule has 0 aliphatic heterocycles. The van der Waals surface area contributed by atoms with E-state index in [1.165, 1.54) is 12.1 Å². The Bertz CT molecular complexity index is 982. The molecule has 0 N–H and O–H groups in total. The summed E-state index contributed by atoms with van der Waals surface area (Å²) in [6.07, 6.45) is 0.716. The molecule has 0 spiro atoms. The third-order valence-corrected chi connectivity index (χ3v) is 4.90. The summed E-state index contributed by atoms with van der Waals surface area (Å²) < 4.78 is 34.3. The summed E-state index contributed by atoms with van der Waals surface area (Å²) in [5.74, 6) is -4.06. The van der Waals surface area contributed by atoms with E-state index in [-0.39, 0.29) is 5.56 Å². The van der Waals surface area contributed by atoms with Crippen molar-refractivity contribution in [1.29, 1.82) is 0 Å². The summed E-state index contributed by atoms with van der Waals surface area (Å²) in [5.41, 5.74) is 0.618. The lowest BCUT2D eigenvalue weighted by molar-refractivity contribution is 0.0385. The molecule has 0 bridgehead atoms. The van der Waals surface area contributed by atoms with Crippen molar-refractivity contribution < 1.29 is 18.3 Å². The van der Waals surface area contributed by atoms with Crippen LogP contribution in [0.5, 0.6) is 5.75 Å². The number of hydrogen-bond donors (Lipinski definition) is 0. The molecule has 0 amide bonds. The number of benzene rings is 3. The van der Waals surface area contributed by atoms with Crippen molar-refractivity contribution in [2.45, 2.75) is 5.92 Å². The molecule has 132 valence electrons. The van der Waals surface area contributed by atoms with Crippen molar-refractivity contribution >= 4 is 42.7 Å². The second-order valence-corrected chi connectivity index (χ2v) is 6.90. The van der Waals surface area contributed by atoms with Crippen LogP contribution >= 0.6 is 22.6 Å². The number of carbonyl (C=O) groups is 1. The Hall–Kier alpha value is -2.28. The Balaban J connectivity index is 1.93. The van der Waals surface area contributed by atoms with E-state index in [9.17, 15) is 13.6 Å². The van der Waals surface area contributed by atoms with Gasteiger partial charge in [-0.2, -0.15) is 8.78 Å². The molecule has 0 aliphatic carbocycles. The van der Waals surface area contributed by atoms with Gasteiger partial charge in [-0.15, -0.1) is 0 Å². The largest absolute Gasteiger partial charge is 0.497 e. The van der Waals surface area contributed by atoms with Crippen LogP contribution in [0.15, 0.2) is 72.8 Å². The first-order valence-corrected chi connectivity index (χ1v) is 8.93. The third kappa shape index (κ3) is 3.93. The van der Waals surface area contributed by atoms with Gasteiger partial charge in [0.05, 0.1) is 7.11 Å². The monoisotopic (exact) mass is 464 g/mol. The molecular weight excluding hydrogens is 449 g/mol. The highest BCUT2D eigenvalue weighted by Gasteiger charge is 2.37. The molecule has 0 saturated heterocycles. The minimum absolute atomic E-state index is 0.0106. The zero-order valence-electron chi connectivity index (χ0n) is 13.9. The van der Waals surface area contributed by atoms with Gasteiger partial charge in [-0.25, -0.2) is 0 Å². The van der Waals surface area contributed by atoms with Gasteiger partial charge in [-0.3, -0.25) is 4.79 Å². The van der Waals surface area contributed by atoms with Crippen LogP contribution in [-0.2, 0) is 0 Å². The maximum atomic E-state index is 14.4. The molecule has 0 fully saturated rings. The highest BCUT2D eigenvalue weighted by atomic mass is 127. The molecule has 0 heterocycles. The van der Waals surface area contributed by atoms with Crippen LogP contribution in [0.3, 0.4) is 0 Å².